The number of aromatic nitrogens is 3. The molecule has 174 valence electrons. The Kier molecular flexibility index (Phi) is 5.88. The molecule has 4 aromatic rings. The molecule has 0 unspecified atom stereocenters. The van der Waals surface area contributed by atoms with E-state index in [2.05, 4.69) is 10.4 Å². The number of piperidine rings is 1. The van der Waals surface area contributed by atoms with E-state index in [0.29, 0.717) is 41.9 Å². The maximum Gasteiger partial charge on any atom is 0.254 e. The fourth-order valence-electron chi connectivity index (χ4n) is 4.75. The predicted molar refractivity (Wildman–Crippen MR) is 131 cm³/mol. The molecule has 8 nitrogen and oxygen atoms in total. The lowest BCUT2D eigenvalue weighted by molar-refractivity contribution is -0.133. The Balaban J connectivity index is 1.26. The van der Waals surface area contributed by atoms with Gasteiger partial charge in [0.15, 0.2) is 5.43 Å². The van der Waals surface area contributed by atoms with Gasteiger partial charge >= 0.3 is 0 Å². The lowest BCUT2D eigenvalue weighted by Crippen LogP contribution is -2.42. The normalized spacial score (nSPS) is 14.6. The first kappa shape index (κ1) is 21.9. The van der Waals surface area contributed by atoms with Crippen molar-refractivity contribution in [3.63, 3.8) is 0 Å². The lowest BCUT2D eigenvalue weighted by Gasteiger charge is -2.32. The third kappa shape index (κ3) is 4.19. The number of para-hydroxylation sites is 2. The fraction of sp³-hybridized carbons (Fsp3) is 0.308. The van der Waals surface area contributed by atoms with Crippen LogP contribution in [-0.4, -0.2) is 50.7 Å². The molecule has 3 heterocycles. The van der Waals surface area contributed by atoms with Gasteiger partial charge < -0.3 is 14.8 Å². The van der Waals surface area contributed by atoms with Gasteiger partial charge in [-0.2, -0.15) is 5.10 Å². The van der Waals surface area contributed by atoms with Crippen LogP contribution in [-0.2, 0) is 18.4 Å². The van der Waals surface area contributed by atoms with Gasteiger partial charge in [-0.25, -0.2) is 0 Å². The van der Waals surface area contributed by atoms with Crippen molar-refractivity contribution >= 4 is 33.6 Å². The molecule has 8 heteroatoms. The average Bonchev–Trinajstić information content (AvgIpc) is 3.31. The highest BCUT2D eigenvalue weighted by Crippen LogP contribution is 2.21. The van der Waals surface area contributed by atoms with Crippen LogP contribution in [0.2, 0.25) is 0 Å². The molecule has 0 atom stereocenters. The molecule has 1 fully saturated rings. The maximum absolute atomic E-state index is 13.2. The van der Waals surface area contributed by atoms with E-state index in [-0.39, 0.29) is 23.8 Å². The van der Waals surface area contributed by atoms with E-state index in [9.17, 15) is 14.4 Å². The van der Waals surface area contributed by atoms with E-state index in [1.54, 1.807) is 24.1 Å². The Morgan fingerprint density at radius 3 is 2.21 bits per heavy atom. The third-order valence-corrected chi connectivity index (χ3v) is 6.66. The molecule has 0 aliphatic carbocycles. The zero-order valence-electron chi connectivity index (χ0n) is 19.1. The van der Waals surface area contributed by atoms with Crippen LogP contribution in [0, 0.1) is 5.92 Å². The number of rotatable bonds is 5. The number of hydrogen-bond donors (Lipinski definition) is 1. The number of likely N-dealkylation sites (tertiary alicyclic amines) is 1. The summed E-state index contributed by atoms with van der Waals surface area (Å²) in [5, 5.41) is 8.26. The van der Waals surface area contributed by atoms with Crippen LogP contribution in [0.4, 0.5) is 0 Å². The Morgan fingerprint density at radius 1 is 1.00 bits per heavy atom. The van der Waals surface area contributed by atoms with E-state index in [0.717, 1.165) is 23.9 Å². The maximum atomic E-state index is 13.2. The van der Waals surface area contributed by atoms with Gasteiger partial charge in [0.2, 0.25) is 5.91 Å². The molecule has 0 radical (unpaired) electrons. The molecule has 1 aliphatic heterocycles. The Labute approximate surface area is 196 Å². The molecular weight excluding hydrogens is 430 g/mol. The van der Waals surface area contributed by atoms with Crippen molar-refractivity contribution in [1.29, 1.82) is 0 Å². The number of aryl methyl sites for hydroxylation is 1. The van der Waals surface area contributed by atoms with Gasteiger partial charge in [-0.15, -0.1) is 0 Å². The molecule has 5 rings (SSSR count). The van der Waals surface area contributed by atoms with Crippen molar-refractivity contribution in [2.75, 3.05) is 19.6 Å². The Morgan fingerprint density at radius 2 is 1.62 bits per heavy atom. The molecular formula is C26H27N5O3. The minimum atomic E-state index is -0.122. The first-order chi connectivity index (χ1) is 16.5. The highest BCUT2D eigenvalue weighted by atomic mass is 16.2. The molecule has 2 aromatic carbocycles. The van der Waals surface area contributed by atoms with Gasteiger partial charge in [-0.1, -0.05) is 24.3 Å². The number of carbonyl (C=O) groups excluding carboxylic acids is 2. The number of pyridine rings is 1. The monoisotopic (exact) mass is 457 g/mol. The number of amides is 2. The topological polar surface area (TPSA) is 89.2 Å². The van der Waals surface area contributed by atoms with E-state index in [1.165, 1.54) is 0 Å². The fourth-order valence-corrected chi connectivity index (χ4v) is 4.75. The third-order valence-electron chi connectivity index (χ3n) is 6.66. The molecule has 0 bridgehead atoms. The van der Waals surface area contributed by atoms with Crippen LogP contribution in [0.5, 0.6) is 0 Å². The summed E-state index contributed by atoms with van der Waals surface area (Å²) in [6.07, 6.45) is 4.93. The molecule has 2 amide bonds. The molecule has 0 saturated carbocycles. The Hall–Kier alpha value is -3.94. The second-order valence-electron chi connectivity index (χ2n) is 8.89. The minimum absolute atomic E-state index is 0.0101. The van der Waals surface area contributed by atoms with Crippen LogP contribution >= 0.6 is 0 Å². The van der Waals surface area contributed by atoms with E-state index >= 15 is 0 Å². The SMILES string of the molecule is Cn1cc(C(=O)NCC2CCN(C(=O)Cn3c4ccccc4c(=O)c4ccccc43)CC2)cn1. The summed E-state index contributed by atoms with van der Waals surface area (Å²) in [6.45, 7) is 2.08. The Bertz CT molecular complexity index is 1370. The van der Waals surface area contributed by atoms with Crippen molar-refractivity contribution in [2.24, 2.45) is 13.0 Å². The first-order valence-electron chi connectivity index (χ1n) is 11.6. The second kappa shape index (κ2) is 9.13. The number of hydrogen-bond acceptors (Lipinski definition) is 4. The highest BCUT2D eigenvalue weighted by molar-refractivity contribution is 5.95. The zero-order chi connectivity index (χ0) is 23.7. The summed E-state index contributed by atoms with van der Waals surface area (Å²) in [7, 11) is 1.78. The zero-order valence-corrected chi connectivity index (χ0v) is 19.1. The lowest BCUT2D eigenvalue weighted by atomic mass is 9.96. The summed E-state index contributed by atoms with van der Waals surface area (Å²) < 4.78 is 3.56. The van der Waals surface area contributed by atoms with Crippen molar-refractivity contribution in [3.8, 4) is 0 Å². The minimum Gasteiger partial charge on any atom is -0.352 e. The average molecular weight is 458 g/mol. The van der Waals surface area contributed by atoms with Gasteiger partial charge in [0.1, 0.15) is 6.54 Å². The van der Waals surface area contributed by atoms with Gasteiger partial charge in [0.25, 0.3) is 5.91 Å². The van der Waals surface area contributed by atoms with Crippen molar-refractivity contribution in [1.82, 2.24) is 24.6 Å². The smallest absolute Gasteiger partial charge is 0.254 e. The number of nitrogens with one attached hydrogen (secondary N) is 1. The van der Waals surface area contributed by atoms with E-state index in [1.807, 2.05) is 58.0 Å². The summed E-state index contributed by atoms with van der Waals surface area (Å²) in [5.74, 6) is 0.249. The second-order valence-corrected chi connectivity index (χ2v) is 8.89. The van der Waals surface area contributed by atoms with Gasteiger partial charge in [-0.05, 0) is 43.0 Å². The van der Waals surface area contributed by atoms with E-state index in [4.69, 9.17) is 0 Å². The number of nitrogens with zero attached hydrogens (tertiary/aromatic N) is 4. The predicted octanol–water partition coefficient (Wildman–Crippen LogP) is 2.56. The first-order valence-corrected chi connectivity index (χ1v) is 11.6. The molecule has 0 spiro atoms. The number of benzene rings is 2. The highest BCUT2D eigenvalue weighted by Gasteiger charge is 2.24. The molecule has 34 heavy (non-hydrogen) atoms. The van der Waals surface area contributed by atoms with Crippen LogP contribution in [0.1, 0.15) is 23.2 Å². The molecule has 1 saturated heterocycles. The van der Waals surface area contributed by atoms with E-state index < -0.39 is 0 Å². The van der Waals surface area contributed by atoms with Crippen molar-refractivity contribution in [3.05, 3.63) is 76.7 Å². The molecule has 2 aromatic heterocycles. The standard InChI is InChI=1S/C26H27N5O3/c1-29-16-19(15-28-29)26(34)27-14-18-10-12-30(13-11-18)24(32)17-31-22-8-4-2-6-20(22)25(33)21-7-3-5-9-23(21)31/h2-9,15-16,18H,10-14,17H2,1H3,(H,27,34). The van der Waals surface area contributed by atoms with Gasteiger partial charge in [0.05, 0.1) is 22.8 Å². The van der Waals surface area contributed by atoms with Crippen LogP contribution in [0.3, 0.4) is 0 Å². The largest absolute Gasteiger partial charge is 0.352 e. The number of carbonyl (C=O) groups is 2. The summed E-state index contributed by atoms with van der Waals surface area (Å²) in [5.41, 5.74) is 2.08. The summed E-state index contributed by atoms with van der Waals surface area (Å²) in [4.78, 5) is 40.3. The van der Waals surface area contributed by atoms with Crippen LogP contribution in [0.15, 0.2) is 65.7 Å². The van der Waals surface area contributed by atoms with Gasteiger partial charge in [-0.3, -0.25) is 19.1 Å². The summed E-state index contributed by atoms with van der Waals surface area (Å²) >= 11 is 0. The van der Waals surface area contributed by atoms with Crippen LogP contribution in [0.25, 0.3) is 21.8 Å². The van der Waals surface area contributed by atoms with Crippen LogP contribution < -0.4 is 10.7 Å². The quantitative estimate of drug-likeness (QED) is 0.467. The summed E-state index contributed by atoms with van der Waals surface area (Å²) in [6, 6.07) is 14.9. The van der Waals surface area contributed by atoms with Crippen molar-refractivity contribution < 1.29 is 9.59 Å². The molecule has 1 aliphatic rings. The van der Waals surface area contributed by atoms with Gasteiger partial charge in [0, 0.05) is 43.7 Å². The number of fused-ring (bicyclic) bond motifs is 2. The molecule has 1 N–H and O–H groups in total. The van der Waals surface area contributed by atoms with Crippen molar-refractivity contribution in [2.45, 2.75) is 19.4 Å².